The summed E-state index contributed by atoms with van der Waals surface area (Å²) < 4.78 is 0. The van der Waals surface area contributed by atoms with E-state index >= 15 is 0 Å². The van der Waals surface area contributed by atoms with Crippen molar-refractivity contribution in [2.75, 3.05) is 13.6 Å². The van der Waals surface area contributed by atoms with Gasteiger partial charge in [-0.05, 0) is 19.4 Å². The molecule has 2 N–H and O–H groups in total. The van der Waals surface area contributed by atoms with Crippen molar-refractivity contribution in [1.29, 1.82) is 0 Å². The molecule has 2 heteroatoms. The summed E-state index contributed by atoms with van der Waals surface area (Å²) in [5, 5.41) is 0. The van der Waals surface area contributed by atoms with Gasteiger partial charge in [-0.15, -0.1) is 0 Å². The van der Waals surface area contributed by atoms with Crippen molar-refractivity contribution in [3.63, 3.8) is 0 Å². The topological polar surface area (TPSA) is 24.1 Å². The molecule has 0 aliphatic rings. The molecule has 0 spiro atoms. The van der Waals surface area contributed by atoms with Gasteiger partial charge in [0, 0.05) is 6.54 Å². The highest BCUT2D eigenvalue weighted by atomic mass is 15.3. The van der Waals surface area contributed by atoms with E-state index in [1.165, 1.54) is 0 Å². The normalized spacial score (nSPS) is 12.8. The van der Waals surface area contributed by atoms with E-state index in [9.17, 15) is 0 Å². The van der Waals surface area contributed by atoms with Crippen LogP contribution in [0.5, 0.6) is 0 Å². The van der Waals surface area contributed by atoms with E-state index in [1.807, 2.05) is 14.0 Å². The molecule has 0 rings (SSSR count). The zero-order valence-corrected chi connectivity index (χ0v) is 7.36. The van der Waals surface area contributed by atoms with Crippen LogP contribution < -0.4 is 10.9 Å². The lowest BCUT2D eigenvalue weighted by Gasteiger charge is -2.19. The number of nitrogens with one attached hydrogen (secondary N) is 2. The lowest BCUT2D eigenvalue weighted by Crippen LogP contribution is -2.35. The maximum Gasteiger partial charge on any atom is 0.0186 e. The molecule has 0 fully saturated rings. The van der Waals surface area contributed by atoms with Crippen molar-refractivity contribution in [2.45, 2.75) is 20.8 Å². The maximum absolute atomic E-state index is 3.07. The molecule has 0 aliphatic carbocycles. The second-order valence-corrected chi connectivity index (χ2v) is 3.09. The Bertz CT molecular complexity index is 106. The van der Waals surface area contributed by atoms with E-state index in [4.69, 9.17) is 0 Å². The number of hydrogen-bond acceptors (Lipinski definition) is 2. The van der Waals surface area contributed by atoms with Crippen LogP contribution in [-0.4, -0.2) is 13.6 Å². The zero-order chi connectivity index (χ0) is 8.04. The van der Waals surface area contributed by atoms with E-state index in [0.717, 1.165) is 6.54 Å². The van der Waals surface area contributed by atoms with Crippen LogP contribution in [-0.2, 0) is 0 Å². The molecule has 0 saturated heterocycles. The average Bonchev–Trinajstić information content (AvgIpc) is 1.84. The number of rotatable bonds is 4. The van der Waals surface area contributed by atoms with Gasteiger partial charge in [0.15, 0.2) is 0 Å². The molecule has 0 saturated carbocycles. The van der Waals surface area contributed by atoms with Crippen LogP contribution in [0.15, 0.2) is 12.2 Å². The monoisotopic (exact) mass is 142 g/mol. The van der Waals surface area contributed by atoms with Crippen LogP contribution in [0, 0.1) is 5.41 Å². The number of hydrogen-bond donors (Lipinski definition) is 2. The second kappa shape index (κ2) is 4.47. The third-order valence-corrected chi connectivity index (χ3v) is 1.34. The molecule has 2 nitrogen and oxygen atoms in total. The molecule has 10 heavy (non-hydrogen) atoms. The quantitative estimate of drug-likeness (QED) is 0.457. The fourth-order valence-electron chi connectivity index (χ4n) is 0.826. The third kappa shape index (κ3) is 4.53. The minimum Gasteiger partial charge on any atom is -0.261 e. The lowest BCUT2D eigenvalue weighted by atomic mass is 9.93. The highest BCUT2D eigenvalue weighted by Gasteiger charge is 2.11. The fourth-order valence-corrected chi connectivity index (χ4v) is 0.826. The van der Waals surface area contributed by atoms with Crippen molar-refractivity contribution >= 4 is 0 Å². The van der Waals surface area contributed by atoms with Crippen LogP contribution >= 0.6 is 0 Å². The minimum absolute atomic E-state index is 0.248. The van der Waals surface area contributed by atoms with E-state index < -0.39 is 0 Å². The summed E-state index contributed by atoms with van der Waals surface area (Å²) in [5.41, 5.74) is 6.22. The smallest absolute Gasteiger partial charge is 0.0186 e. The van der Waals surface area contributed by atoms with Gasteiger partial charge in [-0.2, -0.15) is 0 Å². The summed E-state index contributed by atoms with van der Waals surface area (Å²) in [4.78, 5) is 0. The molecular formula is C8H18N2. The van der Waals surface area contributed by atoms with Crippen molar-refractivity contribution in [3.8, 4) is 0 Å². The first-order valence-corrected chi connectivity index (χ1v) is 3.66. The Labute approximate surface area is 63.7 Å². The van der Waals surface area contributed by atoms with Crippen molar-refractivity contribution < 1.29 is 0 Å². The van der Waals surface area contributed by atoms with Gasteiger partial charge < -0.3 is 0 Å². The van der Waals surface area contributed by atoms with Crippen LogP contribution in [0.1, 0.15) is 20.8 Å². The van der Waals surface area contributed by atoms with Crippen molar-refractivity contribution in [2.24, 2.45) is 5.41 Å². The van der Waals surface area contributed by atoms with Crippen molar-refractivity contribution in [3.05, 3.63) is 12.2 Å². The van der Waals surface area contributed by atoms with Gasteiger partial charge >= 0.3 is 0 Å². The summed E-state index contributed by atoms with van der Waals surface area (Å²) in [6, 6.07) is 0. The minimum atomic E-state index is 0.248. The molecule has 0 aliphatic heterocycles. The van der Waals surface area contributed by atoms with E-state index in [2.05, 4.69) is 36.9 Å². The first-order chi connectivity index (χ1) is 4.62. The molecular weight excluding hydrogens is 124 g/mol. The summed E-state index contributed by atoms with van der Waals surface area (Å²) in [6.07, 6.45) is 4.27. The molecule has 0 aromatic heterocycles. The first-order valence-electron chi connectivity index (χ1n) is 3.66. The molecule has 0 aromatic carbocycles. The Morgan fingerprint density at radius 1 is 1.40 bits per heavy atom. The molecule has 60 valence electrons. The van der Waals surface area contributed by atoms with E-state index in [-0.39, 0.29) is 5.41 Å². The molecule has 0 bridgehead atoms. The van der Waals surface area contributed by atoms with E-state index in [0.29, 0.717) is 0 Å². The van der Waals surface area contributed by atoms with Gasteiger partial charge in [-0.25, -0.2) is 0 Å². The van der Waals surface area contributed by atoms with Gasteiger partial charge in [0.25, 0.3) is 0 Å². The fraction of sp³-hybridized carbons (Fsp3) is 0.750. The van der Waals surface area contributed by atoms with E-state index in [1.54, 1.807) is 0 Å². The van der Waals surface area contributed by atoms with Crippen LogP contribution in [0.2, 0.25) is 0 Å². The molecule has 0 unspecified atom stereocenters. The number of hydrazine groups is 1. The lowest BCUT2D eigenvalue weighted by molar-refractivity contribution is 0.407. The van der Waals surface area contributed by atoms with Gasteiger partial charge in [0.1, 0.15) is 0 Å². The maximum atomic E-state index is 3.07. The molecule has 0 amide bonds. The zero-order valence-electron chi connectivity index (χ0n) is 7.36. The highest BCUT2D eigenvalue weighted by molar-refractivity contribution is 4.93. The molecule has 0 atom stereocenters. The Morgan fingerprint density at radius 2 is 2.00 bits per heavy atom. The average molecular weight is 142 g/mol. The number of allylic oxidation sites excluding steroid dienone is 1. The second-order valence-electron chi connectivity index (χ2n) is 3.09. The van der Waals surface area contributed by atoms with Gasteiger partial charge in [-0.3, -0.25) is 10.9 Å². The first kappa shape index (κ1) is 9.66. The Balaban J connectivity index is 3.63. The van der Waals surface area contributed by atoms with Gasteiger partial charge in [0.2, 0.25) is 0 Å². The predicted molar refractivity (Wildman–Crippen MR) is 45.7 cm³/mol. The molecule has 0 radical (unpaired) electrons. The SMILES string of the molecule is C/C=C\C(C)(C)CNNC. The Kier molecular flexibility index (Phi) is 4.32. The Morgan fingerprint density at radius 3 is 2.40 bits per heavy atom. The predicted octanol–water partition coefficient (Wildman–Crippen LogP) is 1.31. The summed E-state index contributed by atoms with van der Waals surface area (Å²) >= 11 is 0. The summed E-state index contributed by atoms with van der Waals surface area (Å²) in [7, 11) is 1.88. The molecule has 0 heterocycles. The standard InChI is InChI=1S/C8H18N2/c1-5-6-8(2,3)7-10-9-4/h5-6,9-10H,7H2,1-4H3/b6-5-. The summed E-state index contributed by atoms with van der Waals surface area (Å²) in [5.74, 6) is 0. The third-order valence-electron chi connectivity index (χ3n) is 1.34. The van der Waals surface area contributed by atoms with Crippen molar-refractivity contribution in [1.82, 2.24) is 10.9 Å². The van der Waals surface area contributed by atoms with Gasteiger partial charge in [0.05, 0.1) is 0 Å². The summed E-state index contributed by atoms with van der Waals surface area (Å²) in [6.45, 7) is 7.38. The van der Waals surface area contributed by atoms with Crippen LogP contribution in [0.3, 0.4) is 0 Å². The molecule has 0 aromatic rings. The highest BCUT2D eigenvalue weighted by Crippen LogP contribution is 2.14. The largest absolute Gasteiger partial charge is 0.261 e. The Hall–Kier alpha value is -0.340. The van der Waals surface area contributed by atoms with Crippen LogP contribution in [0.4, 0.5) is 0 Å². The van der Waals surface area contributed by atoms with Crippen LogP contribution in [0.25, 0.3) is 0 Å². The van der Waals surface area contributed by atoms with Gasteiger partial charge in [-0.1, -0.05) is 26.0 Å².